The van der Waals surface area contributed by atoms with Crippen LogP contribution in [0.25, 0.3) is 0 Å². The minimum Gasteiger partial charge on any atom is -0.497 e. The number of nitrogens with two attached hydrogens (primary N) is 1. The summed E-state index contributed by atoms with van der Waals surface area (Å²) in [6, 6.07) is 9.09. The molecule has 3 N–H and O–H groups in total. The van der Waals surface area contributed by atoms with Crippen LogP contribution in [0.5, 0.6) is 0 Å². The van der Waals surface area contributed by atoms with Gasteiger partial charge >= 0.3 is 0 Å². The number of fused-ring (bicyclic) bond motifs is 3. The number of hydrogen-bond donors (Lipinski definition) is 2. The maximum absolute atomic E-state index is 5.85. The van der Waals surface area contributed by atoms with Crippen LogP contribution < -0.4 is 11.3 Å². The lowest BCUT2D eigenvalue weighted by Gasteiger charge is -2.23. The summed E-state index contributed by atoms with van der Waals surface area (Å²) in [5.74, 6) is 8.98. The summed E-state index contributed by atoms with van der Waals surface area (Å²) < 4.78 is 5.84. The average Bonchev–Trinajstić information content (AvgIpc) is 3.24. The van der Waals surface area contributed by atoms with Gasteiger partial charge in [0.15, 0.2) is 0 Å². The van der Waals surface area contributed by atoms with Crippen LogP contribution in [0.1, 0.15) is 36.3 Å². The van der Waals surface area contributed by atoms with Crippen molar-refractivity contribution in [3.63, 3.8) is 0 Å². The largest absolute Gasteiger partial charge is 0.497 e. The van der Waals surface area contributed by atoms with Crippen molar-refractivity contribution in [1.29, 1.82) is 0 Å². The van der Waals surface area contributed by atoms with Crippen LogP contribution in [0.4, 0.5) is 0 Å². The van der Waals surface area contributed by atoms with E-state index >= 15 is 0 Å². The number of nitrogens with one attached hydrogen (secondary N) is 1. The molecule has 4 atom stereocenters. The first kappa shape index (κ1) is 12.4. The highest BCUT2D eigenvalue weighted by atomic mass is 16.5. The van der Waals surface area contributed by atoms with Gasteiger partial charge in [0.05, 0.1) is 12.6 Å². The molecule has 1 aromatic rings. The molecule has 106 valence electrons. The van der Waals surface area contributed by atoms with Crippen LogP contribution in [0.15, 0.2) is 36.1 Å². The summed E-state index contributed by atoms with van der Waals surface area (Å²) in [4.78, 5) is 0. The topological polar surface area (TPSA) is 47.3 Å². The molecule has 4 unspecified atom stereocenters. The monoisotopic (exact) mass is 270 g/mol. The zero-order valence-corrected chi connectivity index (χ0v) is 11.7. The van der Waals surface area contributed by atoms with E-state index in [1.165, 1.54) is 18.4 Å². The maximum atomic E-state index is 5.85. The van der Waals surface area contributed by atoms with E-state index in [1.54, 1.807) is 5.56 Å². The summed E-state index contributed by atoms with van der Waals surface area (Å²) in [5.41, 5.74) is 6.11. The van der Waals surface area contributed by atoms with Gasteiger partial charge in [-0.1, -0.05) is 24.3 Å². The van der Waals surface area contributed by atoms with Crippen LogP contribution in [0.2, 0.25) is 0 Å². The first-order valence-corrected chi connectivity index (χ1v) is 7.77. The van der Waals surface area contributed by atoms with E-state index in [9.17, 15) is 0 Å². The van der Waals surface area contributed by atoms with Crippen LogP contribution >= 0.6 is 0 Å². The van der Waals surface area contributed by atoms with Gasteiger partial charge in [0, 0.05) is 0 Å². The van der Waals surface area contributed by atoms with Crippen molar-refractivity contribution in [1.82, 2.24) is 5.43 Å². The third-order valence-corrected chi connectivity index (χ3v) is 5.22. The standard InChI is InChI=1S/C17H22N2O/c18-19-17(14-7-3-4-10-20-14)16-13-9-8-11-5-1-2-6-12(11)15(13)16/h1-2,5-7,13,15-17,19H,3-4,8-10,18H2. The smallest absolute Gasteiger partial charge is 0.111 e. The molecule has 0 bridgehead atoms. The molecule has 2 aliphatic carbocycles. The Morgan fingerprint density at radius 1 is 1.30 bits per heavy atom. The number of allylic oxidation sites excluding steroid dienone is 1. The molecule has 0 radical (unpaired) electrons. The Balaban J connectivity index is 1.60. The molecule has 0 saturated heterocycles. The highest BCUT2D eigenvalue weighted by Gasteiger charge is 2.57. The number of hydrogen-bond acceptors (Lipinski definition) is 3. The first-order valence-electron chi connectivity index (χ1n) is 7.77. The molecule has 20 heavy (non-hydrogen) atoms. The van der Waals surface area contributed by atoms with Gasteiger partial charge in [0.1, 0.15) is 5.76 Å². The lowest BCUT2D eigenvalue weighted by atomic mass is 9.92. The highest BCUT2D eigenvalue weighted by Crippen LogP contribution is 2.62. The quantitative estimate of drug-likeness (QED) is 0.655. The summed E-state index contributed by atoms with van der Waals surface area (Å²) in [6.07, 6.45) is 6.97. The normalized spacial score (nSPS) is 32.5. The van der Waals surface area contributed by atoms with Crippen molar-refractivity contribution in [2.75, 3.05) is 6.61 Å². The van der Waals surface area contributed by atoms with Gasteiger partial charge < -0.3 is 4.74 Å². The molecule has 1 heterocycles. The van der Waals surface area contributed by atoms with E-state index in [2.05, 4.69) is 35.8 Å². The number of ether oxygens (including phenoxy) is 1. The molecule has 4 rings (SSSR count). The number of hydrazine groups is 1. The van der Waals surface area contributed by atoms with Crippen LogP contribution in [-0.2, 0) is 11.2 Å². The molecule has 3 aliphatic rings. The second-order valence-electron chi connectivity index (χ2n) is 6.25. The molecular weight excluding hydrogens is 248 g/mol. The summed E-state index contributed by atoms with van der Waals surface area (Å²) in [5, 5.41) is 0. The Hall–Kier alpha value is -1.32. The van der Waals surface area contributed by atoms with E-state index < -0.39 is 0 Å². The number of rotatable bonds is 3. The Labute approximate surface area is 120 Å². The predicted molar refractivity (Wildman–Crippen MR) is 78.9 cm³/mol. The van der Waals surface area contributed by atoms with Crippen molar-refractivity contribution in [2.24, 2.45) is 17.7 Å². The SMILES string of the molecule is NNC(C1=CCCCO1)C1C2CCc3ccccc3C21. The number of aryl methyl sites for hydroxylation is 1. The number of benzene rings is 1. The van der Waals surface area contributed by atoms with Crippen molar-refractivity contribution in [2.45, 2.75) is 37.6 Å². The van der Waals surface area contributed by atoms with Crippen LogP contribution in [0.3, 0.4) is 0 Å². The van der Waals surface area contributed by atoms with Crippen molar-refractivity contribution >= 4 is 0 Å². The molecule has 1 aromatic carbocycles. The third-order valence-electron chi connectivity index (χ3n) is 5.22. The maximum Gasteiger partial charge on any atom is 0.111 e. The second-order valence-corrected chi connectivity index (χ2v) is 6.25. The summed E-state index contributed by atoms with van der Waals surface area (Å²) >= 11 is 0. The fourth-order valence-corrected chi connectivity index (χ4v) is 4.25. The van der Waals surface area contributed by atoms with Gasteiger partial charge in [-0.25, -0.2) is 5.43 Å². The third kappa shape index (κ3) is 1.88. The van der Waals surface area contributed by atoms with Crippen molar-refractivity contribution in [3.8, 4) is 0 Å². The molecule has 0 spiro atoms. The Morgan fingerprint density at radius 3 is 3.00 bits per heavy atom. The van der Waals surface area contributed by atoms with Gasteiger partial charge in [-0.2, -0.15) is 0 Å². The minimum absolute atomic E-state index is 0.191. The molecule has 1 saturated carbocycles. The molecule has 3 nitrogen and oxygen atoms in total. The molecule has 3 heteroatoms. The van der Waals surface area contributed by atoms with Crippen molar-refractivity contribution in [3.05, 3.63) is 47.2 Å². The van der Waals surface area contributed by atoms with Gasteiger partial charge in [-0.3, -0.25) is 5.84 Å². The average molecular weight is 270 g/mol. The van der Waals surface area contributed by atoms with Crippen LogP contribution in [0, 0.1) is 11.8 Å². The van der Waals surface area contributed by atoms with Gasteiger partial charge in [-0.05, 0) is 60.6 Å². The molecule has 1 fully saturated rings. The van der Waals surface area contributed by atoms with Gasteiger partial charge in [0.25, 0.3) is 0 Å². The van der Waals surface area contributed by atoms with Crippen LogP contribution in [-0.4, -0.2) is 12.6 Å². The Morgan fingerprint density at radius 2 is 2.20 bits per heavy atom. The van der Waals surface area contributed by atoms with E-state index in [4.69, 9.17) is 10.6 Å². The van der Waals surface area contributed by atoms with Gasteiger partial charge in [0.2, 0.25) is 0 Å². The second kappa shape index (κ2) is 4.90. The molecular formula is C17H22N2O. The molecule has 1 aliphatic heterocycles. The van der Waals surface area contributed by atoms with Gasteiger partial charge in [-0.15, -0.1) is 0 Å². The zero-order valence-electron chi connectivity index (χ0n) is 11.7. The fraction of sp³-hybridized carbons (Fsp3) is 0.529. The molecule has 0 amide bonds. The molecule has 0 aromatic heterocycles. The minimum atomic E-state index is 0.191. The van der Waals surface area contributed by atoms with E-state index in [0.29, 0.717) is 11.8 Å². The lowest BCUT2D eigenvalue weighted by molar-refractivity contribution is 0.160. The van der Waals surface area contributed by atoms with E-state index in [-0.39, 0.29) is 6.04 Å². The van der Waals surface area contributed by atoms with Crippen molar-refractivity contribution < 1.29 is 4.74 Å². The zero-order chi connectivity index (χ0) is 13.5. The first-order chi connectivity index (χ1) is 9.90. The summed E-state index contributed by atoms with van der Waals surface area (Å²) in [7, 11) is 0. The summed E-state index contributed by atoms with van der Waals surface area (Å²) in [6.45, 7) is 0.836. The Kier molecular flexibility index (Phi) is 3.04. The predicted octanol–water partition coefficient (Wildman–Crippen LogP) is 2.49. The van der Waals surface area contributed by atoms with E-state index in [1.807, 2.05) is 0 Å². The lowest BCUT2D eigenvalue weighted by Crippen LogP contribution is -2.40. The fourth-order valence-electron chi connectivity index (χ4n) is 4.25. The highest BCUT2D eigenvalue weighted by molar-refractivity contribution is 5.41. The Bertz CT molecular complexity index is 540. The van der Waals surface area contributed by atoms with E-state index in [0.717, 1.165) is 31.1 Å².